The van der Waals surface area contributed by atoms with Crippen LogP contribution in [0.4, 0.5) is 13.2 Å². The van der Waals surface area contributed by atoms with Gasteiger partial charge in [0.1, 0.15) is 23.7 Å². The summed E-state index contributed by atoms with van der Waals surface area (Å²) in [6.45, 7) is 0.0699. The molecule has 2 aliphatic heterocycles. The molecule has 5 heterocycles. The van der Waals surface area contributed by atoms with Gasteiger partial charge in [-0.3, -0.25) is 14.5 Å². The van der Waals surface area contributed by atoms with E-state index in [0.717, 1.165) is 0 Å². The molecule has 184 valence electrons. The van der Waals surface area contributed by atoms with Crippen LogP contribution >= 0.6 is 0 Å². The number of ether oxygens (including phenoxy) is 2. The number of methoxy groups -OCH3 is 1. The Labute approximate surface area is 198 Å². The van der Waals surface area contributed by atoms with E-state index in [4.69, 9.17) is 10.8 Å². The van der Waals surface area contributed by atoms with Crippen LogP contribution in [-0.2, 0) is 11.3 Å². The fraction of sp³-hybridized carbons (Fsp3) is 0.455. The molecule has 6 rings (SSSR count). The molecule has 2 aliphatic rings. The van der Waals surface area contributed by atoms with E-state index >= 15 is 0 Å². The second-order valence-corrected chi connectivity index (χ2v) is 8.66. The second kappa shape index (κ2) is 8.34. The zero-order valence-electron chi connectivity index (χ0n) is 19.8. The standard InChI is InChI=1S/C22H23F3N8O2/c1-34-20-19-15(13-2-3-16-17(8-13)32(7-5-23)30-28-16)4-6-33(19)29-21(27-20)26-18-9-31(12-22(18,24)25)14-10-35-11-14/h2-4,6,8,14,18H,5,7,9-12H2,1H3,(H,26,29)/i6D. The number of rotatable bonds is 6. The maximum absolute atomic E-state index is 14.7. The van der Waals surface area contributed by atoms with E-state index in [9.17, 15) is 13.2 Å². The van der Waals surface area contributed by atoms with Crippen LogP contribution in [0.15, 0.2) is 35.4 Å². The largest absolute Gasteiger partial charge is 0.479 e. The van der Waals surface area contributed by atoms with Gasteiger partial charge in [0.05, 0.1) is 46.3 Å². The highest BCUT2D eigenvalue weighted by atomic mass is 19.3. The minimum Gasteiger partial charge on any atom is -0.479 e. The maximum atomic E-state index is 14.7. The molecule has 1 atom stereocenters. The van der Waals surface area contributed by atoms with Crippen molar-refractivity contribution in [3.8, 4) is 17.0 Å². The number of likely N-dealkylation sites (tertiary alicyclic amines) is 1. The highest BCUT2D eigenvalue weighted by molar-refractivity contribution is 5.89. The minimum atomic E-state index is -3.02. The van der Waals surface area contributed by atoms with Gasteiger partial charge in [0.2, 0.25) is 11.5 Å². The Morgan fingerprint density at radius 2 is 2.20 bits per heavy atom. The summed E-state index contributed by atoms with van der Waals surface area (Å²) in [6.07, 6.45) is 0.0547. The Balaban J connectivity index is 1.43. The molecule has 13 heteroatoms. The summed E-state index contributed by atoms with van der Waals surface area (Å²) in [5, 5.41) is 10.9. The smallest absolute Gasteiger partial charge is 0.283 e. The highest BCUT2D eigenvalue weighted by Gasteiger charge is 2.51. The van der Waals surface area contributed by atoms with E-state index in [1.54, 1.807) is 29.2 Å². The Bertz CT molecular complexity index is 1510. The third-order valence-electron chi connectivity index (χ3n) is 6.48. The van der Waals surface area contributed by atoms with Crippen molar-refractivity contribution in [2.75, 3.05) is 40.1 Å². The van der Waals surface area contributed by atoms with Crippen LogP contribution in [0.3, 0.4) is 0 Å². The average Bonchev–Trinajstić information content (AvgIpc) is 3.46. The monoisotopic (exact) mass is 489 g/mol. The first kappa shape index (κ1) is 20.9. The van der Waals surface area contributed by atoms with Gasteiger partial charge in [-0.25, -0.2) is 22.8 Å². The molecule has 2 saturated heterocycles. The third kappa shape index (κ3) is 3.74. The molecule has 0 bridgehead atoms. The molecule has 0 spiro atoms. The summed E-state index contributed by atoms with van der Waals surface area (Å²) in [5.41, 5.74) is 2.95. The molecule has 0 radical (unpaired) electrons. The van der Waals surface area contributed by atoms with Crippen LogP contribution in [0.5, 0.6) is 5.88 Å². The third-order valence-corrected chi connectivity index (χ3v) is 6.48. The van der Waals surface area contributed by atoms with Gasteiger partial charge in [-0.2, -0.15) is 4.98 Å². The molecule has 4 aromatic rings. The van der Waals surface area contributed by atoms with E-state index in [1.807, 2.05) is 0 Å². The Hall–Kier alpha value is -3.45. The van der Waals surface area contributed by atoms with Crippen molar-refractivity contribution in [2.45, 2.75) is 24.6 Å². The van der Waals surface area contributed by atoms with Crippen molar-refractivity contribution in [2.24, 2.45) is 4.99 Å². The van der Waals surface area contributed by atoms with Crippen molar-refractivity contribution in [3.05, 3.63) is 36.1 Å². The Morgan fingerprint density at radius 3 is 2.94 bits per heavy atom. The molecule has 1 unspecified atom stereocenters. The van der Waals surface area contributed by atoms with Crippen molar-refractivity contribution in [3.63, 3.8) is 0 Å². The molecule has 1 aromatic carbocycles. The number of aryl methyl sites for hydroxylation is 1. The van der Waals surface area contributed by atoms with Crippen molar-refractivity contribution < 1.29 is 24.0 Å². The number of aromatic amines is 1. The van der Waals surface area contributed by atoms with Crippen LogP contribution in [-0.4, -0.2) is 92.6 Å². The molecule has 3 aromatic heterocycles. The quantitative estimate of drug-likeness (QED) is 0.443. The van der Waals surface area contributed by atoms with Crippen LogP contribution in [0, 0.1) is 0 Å². The predicted molar refractivity (Wildman–Crippen MR) is 119 cm³/mol. The molecule has 0 amide bonds. The highest BCUT2D eigenvalue weighted by Crippen LogP contribution is 2.33. The Morgan fingerprint density at radius 1 is 1.34 bits per heavy atom. The lowest BCUT2D eigenvalue weighted by Crippen LogP contribution is -2.48. The maximum Gasteiger partial charge on any atom is 0.283 e. The summed E-state index contributed by atoms with van der Waals surface area (Å²) < 4.78 is 64.4. The molecule has 10 nitrogen and oxygen atoms in total. The van der Waals surface area contributed by atoms with E-state index in [-0.39, 0.29) is 43.3 Å². The Kier molecular flexibility index (Phi) is 4.98. The zero-order chi connectivity index (χ0) is 25.0. The molecule has 35 heavy (non-hydrogen) atoms. The van der Waals surface area contributed by atoms with E-state index in [1.165, 1.54) is 16.3 Å². The number of nitrogens with zero attached hydrogens (tertiary/aromatic N) is 7. The fourth-order valence-electron chi connectivity index (χ4n) is 4.55. The van der Waals surface area contributed by atoms with Gasteiger partial charge in [0, 0.05) is 18.3 Å². The van der Waals surface area contributed by atoms with Crippen molar-refractivity contribution >= 4 is 16.6 Å². The van der Waals surface area contributed by atoms with E-state index in [0.29, 0.717) is 40.9 Å². The van der Waals surface area contributed by atoms with Gasteiger partial charge in [-0.1, -0.05) is 11.3 Å². The number of aromatic nitrogens is 6. The van der Waals surface area contributed by atoms with Crippen LogP contribution in [0.1, 0.15) is 1.37 Å². The number of fused-ring (bicyclic) bond motifs is 2. The number of benzene rings is 1. The second-order valence-electron chi connectivity index (χ2n) is 8.66. The molecular formula is C22H23F3N8O2. The van der Waals surface area contributed by atoms with Gasteiger partial charge < -0.3 is 9.47 Å². The average molecular weight is 489 g/mol. The number of alkyl halides is 3. The van der Waals surface area contributed by atoms with Crippen molar-refractivity contribution in [1.82, 2.24) is 34.5 Å². The molecular weight excluding hydrogens is 465 g/mol. The predicted octanol–water partition coefficient (Wildman–Crippen LogP) is 1.67. The zero-order valence-corrected chi connectivity index (χ0v) is 18.8. The fourth-order valence-corrected chi connectivity index (χ4v) is 4.55. The van der Waals surface area contributed by atoms with Crippen molar-refractivity contribution in [1.29, 1.82) is 0 Å². The number of hydrogen-bond acceptors (Lipinski definition) is 7. The summed E-state index contributed by atoms with van der Waals surface area (Å²) >= 11 is 0. The molecule has 1 N–H and O–H groups in total. The number of halogens is 3. The summed E-state index contributed by atoms with van der Waals surface area (Å²) in [7, 11) is 1.42. The summed E-state index contributed by atoms with van der Waals surface area (Å²) in [4.78, 5) is 10.2. The van der Waals surface area contributed by atoms with Gasteiger partial charge in [-0.05, 0) is 23.8 Å². The van der Waals surface area contributed by atoms with Crippen LogP contribution < -0.4 is 10.4 Å². The summed E-state index contributed by atoms with van der Waals surface area (Å²) in [5.74, 6) is -2.90. The first-order valence-corrected chi connectivity index (χ1v) is 11.2. The van der Waals surface area contributed by atoms with Gasteiger partial charge in [-0.15, -0.1) is 5.10 Å². The minimum absolute atomic E-state index is 0.0226. The van der Waals surface area contributed by atoms with Gasteiger partial charge >= 0.3 is 0 Å². The first-order chi connectivity index (χ1) is 17.4. The van der Waals surface area contributed by atoms with Gasteiger partial charge in [0.15, 0.2) is 0 Å². The SMILES string of the molecule is [2H]c1cc(-c2ccc3nnn(CCF)c3c2)c2c(OC)nc(=NC3CN(C4COC4)CC3(F)F)[nH]n12. The lowest BCUT2D eigenvalue weighted by atomic mass is 10.1. The number of H-pyrrole nitrogens is 1. The lowest BCUT2D eigenvalue weighted by Gasteiger charge is -2.34. The lowest BCUT2D eigenvalue weighted by molar-refractivity contribution is -0.0713. The number of nitrogens with one attached hydrogen (secondary N) is 1. The topological polar surface area (TPSA) is 97.9 Å². The number of hydrogen-bond donors (Lipinski definition) is 1. The van der Waals surface area contributed by atoms with Crippen LogP contribution in [0.2, 0.25) is 0 Å². The van der Waals surface area contributed by atoms with E-state index < -0.39 is 18.6 Å². The van der Waals surface area contributed by atoms with Gasteiger partial charge in [0.25, 0.3) is 5.92 Å². The molecule has 2 fully saturated rings. The molecule has 0 saturated carbocycles. The van der Waals surface area contributed by atoms with E-state index in [2.05, 4.69) is 25.4 Å². The van der Waals surface area contributed by atoms with Crippen LogP contribution in [0.25, 0.3) is 27.7 Å². The summed E-state index contributed by atoms with van der Waals surface area (Å²) in [6, 6.07) is 5.65. The normalized spacial score (nSPS) is 21.7. The first-order valence-electron chi connectivity index (χ1n) is 11.7. The molecule has 0 aliphatic carbocycles.